The Morgan fingerprint density at radius 3 is 1.69 bits per heavy atom. The third kappa shape index (κ3) is 4.84. The average Bonchev–Trinajstić information content (AvgIpc) is 3.75. The summed E-state index contributed by atoms with van der Waals surface area (Å²) in [6.07, 6.45) is 0. The number of benzene rings is 7. The van der Waals surface area contributed by atoms with Crippen LogP contribution in [-0.2, 0) is 0 Å². The molecule has 51 heavy (non-hydrogen) atoms. The molecule has 0 fully saturated rings. The van der Waals surface area contributed by atoms with Crippen molar-refractivity contribution in [1.29, 1.82) is 0 Å². The van der Waals surface area contributed by atoms with Crippen molar-refractivity contribution in [3.8, 4) is 28.7 Å². The molecule has 0 saturated heterocycles. The molecule has 0 aliphatic rings. The molecule has 0 saturated carbocycles. The molecular formula is C45H29N5O. The minimum absolute atomic E-state index is 0.560. The maximum Gasteiger partial charge on any atom is 0.238 e. The molecule has 0 bridgehead atoms. The van der Waals surface area contributed by atoms with Gasteiger partial charge in [0.2, 0.25) is 5.95 Å². The number of para-hydroxylation sites is 4. The van der Waals surface area contributed by atoms with Crippen LogP contribution in [-0.4, -0.2) is 19.5 Å². The van der Waals surface area contributed by atoms with Crippen molar-refractivity contribution < 1.29 is 4.42 Å². The molecule has 0 N–H and O–H groups in total. The van der Waals surface area contributed by atoms with Crippen molar-refractivity contribution in [3.63, 3.8) is 0 Å². The SMILES string of the molecule is c1ccc(-c2nc(-c3cccc4oc5cc(N(c6ccccc6)c6ccccc6)ccc5c34)nc(-n3c4ccccc4c4ccccc43)n2)cc1. The summed E-state index contributed by atoms with van der Waals surface area (Å²) in [5.74, 6) is 1.74. The number of anilines is 3. The summed E-state index contributed by atoms with van der Waals surface area (Å²) in [4.78, 5) is 17.7. The molecule has 0 unspecified atom stereocenters. The molecule has 240 valence electrons. The molecule has 0 amide bonds. The summed E-state index contributed by atoms with van der Waals surface area (Å²) in [5, 5.41) is 4.25. The number of aromatic nitrogens is 4. The topological polar surface area (TPSA) is 60.0 Å². The van der Waals surface area contributed by atoms with Crippen LogP contribution in [0.1, 0.15) is 0 Å². The summed E-state index contributed by atoms with van der Waals surface area (Å²) in [5.41, 5.74) is 8.55. The summed E-state index contributed by atoms with van der Waals surface area (Å²) >= 11 is 0. The van der Waals surface area contributed by atoms with E-state index in [9.17, 15) is 0 Å². The maximum atomic E-state index is 6.61. The first kappa shape index (κ1) is 28.9. The lowest BCUT2D eigenvalue weighted by Gasteiger charge is -2.25. The fourth-order valence-corrected chi connectivity index (χ4v) is 7.18. The van der Waals surface area contributed by atoms with E-state index in [-0.39, 0.29) is 0 Å². The second-order valence-electron chi connectivity index (χ2n) is 12.5. The van der Waals surface area contributed by atoms with Crippen LogP contribution in [0.3, 0.4) is 0 Å². The van der Waals surface area contributed by atoms with E-state index in [1.54, 1.807) is 0 Å². The molecule has 0 radical (unpaired) electrons. The molecule has 0 atom stereocenters. The first-order valence-corrected chi connectivity index (χ1v) is 17.0. The number of nitrogens with zero attached hydrogens (tertiary/aromatic N) is 5. The largest absolute Gasteiger partial charge is 0.456 e. The van der Waals surface area contributed by atoms with Gasteiger partial charge in [-0.15, -0.1) is 0 Å². The van der Waals surface area contributed by atoms with E-state index in [4.69, 9.17) is 19.4 Å². The Kier molecular flexibility index (Phi) is 6.70. The standard InChI is InChI=1S/C45H29N5O/c1-4-15-30(16-5-1)43-46-44(48-45(47-43)50-38-24-12-10-21-34(38)35-22-11-13-25-39(35)50)37-23-14-26-40-42(37)36-28-27-33(29-41(36)51-40)49(31-17-6-2-7-18-31)32-19-8-3-9-20-32/h1-29H. The van der Waals surface area contributed by atoms with Crippen LogP contribution < -0.4 is 4.90 Å². The van der Waals surface area contributed by atoms with E-state index in [0.717, 1.165) is 71.9 Å². The Labute approximate surface area is 293 Å². The lowest BCUT2D eigenvalue weighted by atomic mass is 10.0. The van der Waals surface area contributed by atoms with Crippen molar-refractivity contribution >= 4 is 60.8 Å². The average molecular weight is 656 g/mol. The lowest BCUT2D eigenvalue weighted by molar-refractivity contribution is 0.669. The molecule has 3 heterocycles. The quantitative estimate of drug-likeness (QED) is 0.178. The first-order valence-electron chi connectivity index (χ1n) is 17.0. The first-order chi connectivity index (χ1) is 25.3. The lowest BCUT2D eigenvalue weighted by Crippen LogP contribution is -2.09. The van der Waals surface area contributed by atoms with E-state index in [1.807, 2.05) is 54.6 Å². The van der Waals surface area contributed by atoms with Crippen molar-refractivity contribution in [2.45, 2.75) is 0 Å². The van der Waals surface area contributed by atoms with Gasteiger partial charge < -0.3 is 9.32 Å². The zero-order chi connectivity index (χ0) is 33.7. The maximum absolute atomic E-state index is 6.61. The molecule has 10 rings (SSSR count). The number of fused-ring (bicyclic) bond motifs is 6. The molecule has 6 nitrogen and oxygen atoms in total. The Morgan fingerprint density at radius 1 is 0.431 bits per heavy atom. The van der Waals surface area contributed by atoms with Crippen molar-refractivity contribution in [2.75, 3.05) is 4.90 Å². The summed E-state index contributed by atoms with van der Waals surface area (Å²) in [7, 11) is 0. The van der Waals surface area contributed by atoms with Gasteiger partial charge in [-0.2, -0.15) is 9.97 Å². The number of rotatable bonds is 6. The Bertz CT molecular complexity index is 2770. The van der Waals surface area contributed by atoms with Gasteiger partial charge in [0.1, 0.15) is 11.2 Å². The second-order valence-corrected chi connectivity index (χ2v) is 12.5. The predicted octanol–water partition coefficient (Wildman–Crippen LogP) is 11.7. The minimum Gasteiger partial charge on any atom is -0.456 e. The summed E-state index contributed by atoms with van der Waals surface area (Å²) in [6, 6.07) is 60.2. The molecule has 7 aromatic carbocycles. The van der Waals surface area contributed by atoms with Crippen LogP contribution in [0.2, 0.25) is 0 Å². The van der Waals surface area contributed by atoms with Gasteiger partial charge in [0.25, 0.3) is 0 Å². The summed E-state index contributed by atoms with van der Waals surface area (Å²) < 4.78 is 8.75. The molecule has 0 aliphatic carbocycles. The molecule has 0 spiro atoms. The summed E-state index contributed by atoms with van der Waals surface area (Å²) in [6.45, 7) is 0. The van der Waals surface area contributed by atoms with Crippen LogP contribution in [0, 0.1) is 0 Å². The minimum atomic E-state index is 0.560. The van der Waals surface area contributed by atoms with Gasteiger partial charge >= 0.3 is 0 Å². The van der Waals surface area contributed by atoms with Crippen LogP contribution in [0.5, 0.6) is 0 Å². The fraction of sp³-hybridized carbons (Fsp3) is 0. The van der Waals surface area contributed by atoms with Gasteiger partial charge in [0.05, 0.1) is 11.0 Å². The van der Waals surface area contributed by atoms with Crippen LogP contribution >= 0.6 is 0 Å². The zero-order valence-corrected chi connectivity index (χ0v) is 27.4. The fourth-order valence-electron chi connectivity index (χ4n) is 7.18. The van der Waals surface area contributed by atoms with Gasteiger partial charge in [0, 0.05) is 55.8 Å². The smallest absolute Gasteiger partial charge is 0.238 e. The third-order valence-corrected chi connectivity index (χ3v) is 9.44. The highest BCUT2D eigenvalue weighted by atomic mass is 16.3. The van der Waals surface area contributed by atoms with E-state index in [2.05, 4.69) is 131 Å². The molecule has 0 aliphatic heterocycles. The van der Waals surface area contributed by atoms with Crippen molar-refractivity contribution in [2.24, 2.45) is 0 Å². The van der Waals surface area contributed by atoms with Crippen LogP contribution in [0.15, 0.2) is 180 Å². The van der Waals surface area contributed by atoms with Gasteiger partial charge in [-0.25, -0.2) is 4.98 Å². The Hall–Kier alpha value is -7.05. The van der Waals surface area contributed by atoms with Crippen molar-refractivity contribution in [1.82, 2.24) is 19.5 Å². The van der Waals surface area contributed by atoms with Gasteiger partial charge in [-0.05, 0) is 54.6 Å². The monoisotopic (exact) mass is 655 g/mol. The van der Waals surface area contributed by atoms with Crippen LogP contribution in [0.25, 0.3) is 72.5 Å². The second kappa shape index (κ2) is 11.8. The molecule has 6 heteroatoms. The van der Waals surface area contributed by atoms with E-state index >= 15 is 0 Å². The van der Waals surface area contributed by atoms with E-state index in [1.165, 1.54) is 0 Å². The van der Waals surface area contributed by atoms with Gasteiger partial charge in [-0.1, -0.05) is 115 Å². The molecule has 3 aromatic heterocycles. The number of hydrogen-bond acceptors (Lipinski definition) is 5. The van der Waals surface area contributed by atoms with E-state index < -0.39 is 0 Å². The Balaban J connectivity index is 1.19. The van der Waals surface area contributed by atoms with Gasteiger partial charge in [-0.3, -0.25) is 4.57 Å². The molecule has 10 aromatic rings. The highest BCUT2D eigenvalue weighted by Gasteiger charge is 2.21. The van der Waals surface area contributed by atoms with Crippen LogP contribution in [0.4, 0.5) is 17.1 Å². The number of furan rings is 1. The normalized spacial score (nSPS) is 11.5. The Morgan fingerprint density at radius 2 is 1.02 bits per heavy atom. The van der Waals surface area contributed by atoms with Gasteiger partial charge in [0.15, 0.2) is 11.6 Å². The number of hydrogen-bond donors (Lipinski definition) is 0. The zero-order valence-electron chi connectivity index (χ0n) is 27.4. The highest BCUT2D eigenvalue weighted by molar-refractivity contribution is 6.13. The predicted molar refractivity (Wildman–Crippen MR) is 207 cm³/mol. The third-order valence-electron chi connectivity index (χ3n) is 9.44. The highest BCUT2D eigenvalue weighted by Crippen LogP contribution is 2.41. The molecular weight excluding hydrogens is 627 g/mol. The van der Waals surface area contributed by atoms with E-state index in [0.29, 0.717) is 17.6 Å². The van der Waals surface area contributed by atoms with Crippen molar-refractivity contribution in [3.05, 3.63) is 176 Å².